The Balaban J connectivity index is 1.43. The Bertz CT molecular complexity index is 1080. The largest absolute Gasteiger partial charge is 0.450 e. The molecule has 31 heavy (non-hydrogen) atoms. The van der Waals surface area contributed by atoms with E-state index in [1.807, 2.05) is 6.07 Å². The van der Waals surface area contributed by atoms with Gasteiger partial charge >= 0.3 is 6.09 Å². The lowest BCUT2D eigenvalue weighted by atomic mass is 10.0. The number of carbonyl (C=O) groups is 1. The zero-order chi connectivity index (χ0) is 21.8. The van der Waals surface area contributed by atoms with Crippen LogP contribution in [0.5, 0.6) is 0 Å². The number of anilines is 1. The van der Waals surface area contributed by atoms with Crippen LogP contribution < -0.4 is 11.1 Å². The predicted octanol–water partition coefficient (Wildman–Crippen LogP) is 3.12. The fraction of sp³-hybridized carbons (Fsp3) is 0.364. The molecule has 3 N–H and O–H groups in total. The first kappa shape index (κ1) is 20.9. The molecular weight excluding hydrogens is 399 g/mol. The third-order valence-corrected chi connectivity index (χ3v) is 5.38. The molecule has 8 nitrogen and oxygen atoms in total. The number of ether oxygens (including phenoxy) is 1. The van der Waals surface area contributed by atoms with Crippen LogP contribution in [0, 0.1) is 5.82 Å². The molecule has 1 amide bonds. The summed E-state index contributed by atoms with van der Waals surface area (Å²) in [5.41, 5.74) is 9.14. The molecule has 1 saturated heterocycles. The molecule has 0 unspecified atom stereocenters. The van der Waals surface area contributed by atoms with E-state index in [2.05, 4.69) is 20.3 Å². The van der Waals surface area contributed by atoms with E-state index >= 15 is 0 Å². The summed E-state index contributed by atoms with van der Waals surface area (Å²) in [5, 5.41) is 3.47. The first-order valence-electron chi connectivity index (χ1n) is 10.4. The van der Waals surface area contributed by atoms with Crippen LogP contribution in [-0.4, -0.2) is 51.7 Å². The van der Waals surface area contributed by atoms with Crippen LogP contribution in [-0.2, 0) is 11.3 Å². The van der Waals surface area contributed by atoms with Crippen molar-refractivity contribution in [3.05, 3.63) is 48.0 Å². The van der Waals surface area contributed by atoms with Gasteiger partial charge in [0.25, 0.3) is 0 Å². The Hall–Kier alpha value is -3.33. The van der Waals surface area contributed by atoms with Gasteiger partial charge in [0.1, 0.15) is 17.7 Å². The molecule has 0 aliphatic carbocycles. The summed E-state index contributed by atoms with van der Waals surface area (Å²) in [7, 11) is 0. The van der Waals surface area contributed by atoms with Crippen LogP contribution in [0.1, 0.15) is 25.3 Å². The zero-order valence-corrected chi connectivity index (χ0v) is 17.3. The first-order chi connectivity index (χ1) is 15.0. The van der Waals surface area contributed by atoms with Gasteiger partial charge in [-0.15, -0.1) is 0 Å². The zero-order valence-electron chi connectivity index (χ0n) is 17.3. The molecule has 0 saturated carbocycles. The Morgan fingerprint density at radius 3 is 2.84 bits per heavy atom. The topological polar surface area (TPSA) is 106 Å². The van der Waals surface area contributed by atoms with Crippen LogP contribution in [0.4, 0.5) is 15.0 Å². The normalized spacial score (nSPS) is 14.7. The molecule has 2 aromatic heterocycles. The number of rotatable bonds is 5. The second-order valence-electron chi connectivity index (χ2n) is 7.51. The fourth-order valence-corrected chi connectivity index (χ4v) is 3.76. The molecule has 9 heteroatoms. The Morgan fingerprint density at radius 2 is 2.06 bits per heavy atom. The molecule has 0 bridgehead atoms. The van der Waals surface area contributed by atoms with Gasteiger partial charge in [-0.3, -0.25) is 0 Å². The molecule has 0 radical (unpaired) electrons. The van der Waals surface area contributed by atoms with E-state index in [0.717, 1.165) is 18.4 Å². The number of likely N-dealkylation sites (tertiary alicyclic amines) is 1. The van der Waals surface area contributed by atoms with Crippen LogP contribution >= 0.6 is 0 Å². The number of amides is 1. The standard InChI is InChI=1S/C22H25FN6O2/c1-2-31-22(30)29-7-5-17(6-8-29)25-12-14-9-15(11-16(23)10-14)18-3-4-19-20(28-18)21(24)27-13-26-19/h3-4,9-11,13,17,25H,2,5-8,12H2,1H3,(H2,24,26,27). The molecule has 0 spiro atoms. The average Bonchev–Trinajstić information content (AvgIpc) is 2.78. The molecule has 162 valence electrons. The fourth-order valence-electron chi connectivity index (χ4n) is 3.76. The highest BCUT2D eigenvalue weighted by atomic mass is 19.1. The average molecular weight is 424 g/mol. The maximum Gasteiger partial charge on any atom is 0.409 e. The third-order valence-electron chi connectivity index (χ3n) is 5.38. The van der Waals surface area contributed by atoms with Gasteiger partial charge in [0.15, 0.2) is 5.82 Å². The van der Waals surface area contributed by atoms with Crippen molar-refractivity contribution >= 4 is 22.9 Å². The number of piperidine rings is 1. The van der Waals surface area contributed by atoms with E-state index in [-0.39, 0.29) is 18.0 Å². The maximum atomic E-state index is 14.3. The Morgan fingerprint density at radius 1 is 1.26 bits per heavy atom. The Kier molecular flexibility index (Phi) is 6.22. The minimum Gasteiger partial charge on any atom is -0.450 e. The number of nitrogens with one attached hydrogen (secondary N) is 1. The van der Waals surface area contributed by atoms with E-state index in [4.69, 9.17) is 10.5 Å². The number of fused-ring (bicyclic) bond motifs is 1. The molecule has 1 fully saturated rings. The van der Waals surface area contributed by atoms with Crippen LogP contribution in [0.3, 0.4) is 0 Å². The van der Waals surface area contributed by atoms with E-state index in [1.165, 1.54) is 18.5 Å². The van der Waals surface area contributed by atoms with Gasteiger partial charge < -0.3 is 20.7 Å². The van der Waals surface area contributed by atoms with Crippen molar-refractivity contribution in [2.45, 2.75) is 32.4 Å². The third kappa shape index (κ3) is 4.88. The molecule has 1 aliphatic rings. The van der Waals surface area contributed by atoms with Crippen molar-refractivity contribution in [3.8, 4) is 11.3 Å². The molecule has 0 atom stereocenters. The van der Waals surface area contributed by atoms with Crippen molar-refractivity contribution in [2.24, 2.45) is 0 Å². The van der Waals surface area contributed by atoms with Crippen molar-refractivity contribution < 1.29 is 13.9 Å². The maximum absolute atomic E-state index is 14.3. The van der Waals surface area contributed by atoms with E-state index in [1.54, 1.807) is 24.0 Å². The number of hydrogen-bond acceptors (Lipinski definition) is 7. The lowest BCUT2D eigenvalue weighted by molar-refractivity contribution is 0.0950. The van der Waals surface area contributed by atoms with Crippen molar-refractivity contribution in [1.29, 1.82) is 0 Å². The van der Waals surface area contributed by atoms with Gasteiger partial charge in [0, 0.05) is 31.2 Å². The predicted molar refractivity (Wildman–Crippen MR) is 116 cm³/mol. The number of halogens is 1. The summed E-state index contributed by atoms with van der Waals surface area (Å²) in [6, 6.07) is 8.74. The number of pyridine rings is 1. The summed E-state index contributed by atoms with van der Waals surface area (Å²) in [6.45, 7) is 4.00. The van der Waals surface area contributed by atoms with E-state index in [9.17, 15) is 9.18 Å². The van der Waals surface area contributed by atoms with Crippen LogP contribution in [0.2, 0.25) is 0 Å². The monoisotopic (exact) mass is 424 g/mol. The molecule has 3 aromatic rings. The lowest BCUT2D eigenvalue weighted by Crippen LogP contribution is -2.44. The lowest BCUT2D eigenvalue weighted by Gasteiger charge is -2.31. The number of aromatic nitrogens is 3. The smallest absolute Gasteiger partial charge is 0.409 e. The van der Waals surface area contributed by atoms with Crippen LogP contribution in [0.15, 0.2) is 36.7 Å². The van der Waals surface area contributed by atoms with Gasteiger partial charge in [0.05, 0.1) is 17.8 Å². The number of nitrogens with zero attached hydrogens (tertiary/aromatic N) is 4. The highest BCUT2D eigenvalue weighted by Gasteiger charge is 2.23. The highest BCUT2D eigenvalue weighted by Crippen LogP contribution is 2.24. The summed E-state index contributed by atoms with van der Waals surface area (Å²) < 4.78 is 19.4. The number of carbonyl (C=O) groups excluding carboxylic acids is 1. The summed E-state index contributed by atoms with van der Waals surface area (Å²) in [6.07, 6.45) is 2.78. The van der Waals surface area contributed by atoms with Gasteiger partial charge in [-0.1, -0.05) is 0 Å². The van der Waals surface area contributed by atoms with Crippen LogP contribution in [0.25, 0.3) is 22.3 Å². The number of nitrogen functional groups attached to an aromatic ring is 1. The number of hydrogen-bond donors (Lipinski definition) is 2. The van der Waals surface area contributed by atoms with Gasteiger partial charge in [-0.25, -0.2) is 24.1 Å². The Labute approximate surface area is 179 Å². The van der Waals surface area contributed by atoms with Crippen molar-refractivity contribution in [2.75, 3.05) is 25.4 Å². The second-order valence-corrected chi connectivity index (χ2v) is 7.51. The number of benzene rings is 1. The second kappa shape index (κ2) is 9.22. The summed E-state index contributed by atoms with van der Waals surface area (Å²) >= 11 is 0. The van der Waals surface area contributed by atoms with Crippen molar-refractivity contribution in [3.63, 3.8) is 0 Å². The van der Waals surface area contributed by atoms with E-state index < -0.39 is 0 Å². The minimum absolute atomic E-state index is 0.258. The molecule has 1 aromatic carbocycles. The first-order valence-corrected chi connectivity index (χ1v) is 10.4. The molecular formula is C22H25FN6O2. The summed E-state index contributed by atoms with van der Waals surface area (Å²) in [4.78, 5) is 26.2. The van der Waals surface area contributed by atoms with Gasteiger partial charge in [-0.05, 0) is 55.7 Å². The highest BCUT2D eigenvalue weighted by molar-refractivity contribution is 5.85. The summed E-state index contributed by atoms with van der Waals surface area (Å²) in [5.74, 6) is -0.0371. The van der Waals surface area contributed by atoms with E-state index in [0.29, 0.717) is 54.3 Å². The van der Waals surface area contributed by atoms with Gasteiger partial charge in [-0.2, -0.15) is 0 Å². The quantitative estimate of drug-likeness (QED) is 0.648. The SMILES string of the molecule is CCOC(=O)N1CCC(NCc2cc(F)cc(-c3ccc4ncnc(N)c4n3)c2)CC1. The molecule has 4 rings (SSSR count). The number of nitrogens with two attached hydrogens (primary N) is 1. The van der Waals surface area contributed by atoms with Crippen molar-refractivity contribution in [1.82, 2.24) is 25.2 Å². The molecule has 1 aliphatic heterocycles. The van der Waals surface area contributed by atoms with Gasteiger partial charge in [0.2, 0.25) is 0 Å². The molecule has 3 heterocycles. The minimum atomic E-state index is -0.328.